The lowest BCUT2D eigenvalue weighted by molar-refractivity contribution is 0.0947. The first-order valence-corrected chi connectivity index (χ1v) is 5.79. The van der Waals surface area contributed by atoms with Crippen LogP contribution in [0.1, 0.15) is 35.4 Å². The standard InChI is InChI=1S/C11H18N4O.ClH/c1-8-7-10(15-14-8)11(16)13-6-4-9-3-2-5-12-9;/h7,9,12H,2-6H2,1H3,(H,13,16)(H,14,15);1H/t9-;/m1./s1. The van der Waals surface area contributed by atoms with Gasteiger partial charge in [0.25, 0.3) is 5.91 Å². The van der Waals surface area contributed by atoms with Gasteiger partial charge in [0.15, 0.2) is 0 Å². The molecule has 1 aliphatic rings. The van der Waals surface area contributed by atoms with Crippen LogP contribution in [0.5, 0.6) is 0 Å². The molecule has 1 amide bonds. The maximum absolute atomic E-state index is 11.6. The lowest BCUT2D eigenvalue weighted by Crippen LogP contribution is -2.30. The minimum atomic E-state index is -0.0950. The summed E-state index contributed by atoms with van der Waals surface area (Å²) in [6, 6.07) is 2.32. The fourth-order valence-corrected chi connectivity index (χ4v) is 1.99. The molecule has 0 spiro atoms. The fourth-order valence-electron chi connectivity index (χ4n) is 1.99. The first kappa shape index (κ1) is 14.0. The molecule has 3 N–H and O–H groups in total. The highest BCUT2D eigenvalue weighted by molar-refractivity contribution is 5.92. The van der Waals surface area contributed by atoms with Crippen molar-refractivity contribution in [2.75, 3.05) is 13.1 Å². The molecule has 0 aromatic carbocycles. The highest BCUT2D eigenvalue weighted by Gasteiger charge is 2.14. The van der Waals surface area contributed by atoms with Crippen LogP contribution >= 0.6 is 12.4 Å². The molecule has 5 nitrogen and oxygen atoms in total. The van der Waals surface area contributed by atoms with Crippen LogP contribution in [-0.2, 0) is 0 Å². The van der Waals surface area contributed by atoms with Crippen molar-refractivity contribution in [3.63, 3.8) is 0 Å². The molecule has 1 aliphatic heterocycles. The maximum atomic E-state index is 11.6. The fraction of sp³-hybridized carbons (Fsp3) is 0.636. The average Bonchev–Trinajstić information content (AvgIpc) is 2.89. The van der Waals surface area contributed by atoms with Crippen LogP contribution in [-0.4, -0.2) is 35.2 Å². The summed E-state index contributed by atoms with van der Waals surface area (Å²) >= 11 is 0. The number of hydrogen-bond donors (Lipinski definition) is 3. The van der Waals surface area contributed by atoms with Crippen LogP contribution in [0.4, 0.5) is 0 Å². The Morgan fingerprint density at radius 3 is 3.06 bits per heavy atom. The summed E-state index contributed by atoms with van der Waals surface area (Å²) in [6.07, 6.45) is 3.46. The number of halogens is 1. The summed E-state index contributed by atoms with van der Waals surface area (Å²) in [5.41, 5.74) is 1.37. The molecule has 17 heavy (non-hydrogen) atoms. The van der Waals surface area contributed by atoms with E-state index in [2.05, 4.69) is 20.8 Å². The number of aryl methyl sites for hydroxylation is 1. The van der Waals surface area contributed by atoms with Crippen LogP contribution in [0.3, 0.4) is 0 Å². The topological polar surface area (TPSA) is 69.8 Å². The van der Waals surface area contributed by atoms with Gasteiger partial charge in [-0.05, 0) is 38.8 Å². The predicted molar refractivity (Wildman–Crippen MR) is 68.5 cm³/mol. The average molecular weight is 259 g/mol. The highest BCUT2D eigenvalue weighted by Crippen LogP contribution is 2.07. The van der Waals surface area contributed by atoms with Crippen molar-refractivity contribution in [1.29, 1.82) is 0 Å². The van der Waals surface area contributed by atoms with Crippen LogP contribution in [0.2, 0.25) is 0 Å². The Bertz CT molecular complexity index is 360. The van der Waals surface area contributed by atoms with Crippen molar-refractivity contribution in [2.45, 2.75) is 32.2 Å². The van der Waals surface area contributed by atoms with Crippen molar-refractivity contribution in [2.24, 2.45) is 0 Å². The first-order valence-electron chi connectivity index (χ1n) is 5.79. The van der Waals surface area contributed by atoms with E-state index in [9.17, 15) is 4.79 Å². The number of amides is 1. The van der Waals surface area contributed by atoms with Gasteiger partial charge in [-0.15, -0.1) is 12.4 Å². The van der Waals surface area contributed by atoms with E-state index >= 15 is 0 Å². The van der Waals surface area contributed by atoms with Crippen molar-refractivity contribution in [1.82, 2.24) is 20.8 Å². The molecule has 96 valence electrons. The molecule has 6 heteroatoms. The molecule has 0 unspecified atom stereocenters. The summed E-state index contributed by atoms with van der Waals surface area (Å²) in [7, 11) is 0. The summed E-state index contributed by atoms with van der Waals surface area (Å²) in [5.74, 6) is -0.0950. The zero-order valence-corrected chi connectivity index (χ0v) is 10.8. The second-order valence-electron chi connectivity index (χ2n) is 4.27. The molecular formula is C11H19ClN4O. The predicted octanol–water partition coefficient (Wildman–Crippen LogP) is 1.01. The van der Waals surface area contributed by atoms with Gasteiger partial charge in [0.1, 0.15) is 5.69 Å². The van der Waals surface area contributed by atoms with Crippen LogP contribution < -0.4 is 10.6 Å². The zero-order chi connectivity index (χ0) is 11.4. The Labute approximate surface area is 107 Å². The van der Waals surface area contributed by atoms with Gasteiger partial charge in [-0.2, -0.15) is 5.10 Å². The molecule has 0 bridgehead atoms. The van der Waals surface area contributed by atoms with E-state index in [0.717, 1.165) is 18.7 Å². The van der Waals surface area contributed by atoms with Crippen LogP contribution in [0.25, 0.3) is 0 Å². The van der Waals surface area contributed by atoms with Gasteiger partial charge >= 0.3 is 0 Å². The second kappa shape index (κ2) is 6.61. The highest BCUT2D eigenvalue weighted by atomic mass is 35.5. The molecular weight excluding hydrogens is 240 g/mol. The monoisotopic (exact) mass is 258 g/mol. The Kier molecular flexibility index (Phi) is 5.44. The largest absolute Gasteiger partial charge is 0.351 e. The maximum Gasteiger partial charge on any atom is 0.271 e. The number of carbonyl (C=O) groups excluding carboxylic acids is 1. The smallest absolute Gasteiger partial charge is 0.271 e. The Morgan fingerprint density at radius 1 is 1.65 bits per heavy atom. The van der Waals surface area contributed by atoms with Gasteiger partial charge in [0.2, 0.25) is 0 Å². The minimum Gasteiger partial charge on any atom is -0.351 e. The van der Waals surface area contributed by atoms with Crippen molar-refractivity contribution >= 4 is 18.3 Å². The number of aromatic nitrogens is 2. The molecule has 2 rings (SSSR count). The lowest BCUT2D eigenvalue weighted by atomic mass is 10.1. The summed E-state index contributed by atoms with van der Waals surface area (Å²) in [4.78, 5) is 11.6. The zero-order valence-electron chi connectivity index (χ0n) is 9.95. The molecule has 1 aromatic rings. The van der Waals surface area contributed by atoms with Crippen LogP contribution in [0.15, 0.2) is 6.07 Å². The minimum absolute atomic E-state index is 0. The van der Waals surface area contributed by atoms with E-state index in [4.69, 9.17) is 0 Å². The van der Waals surface area contributed by atoms with Crippen molar-refractivity contribution in [3.8, 4) is 0 Å². The van der Waals surface area contributed by atoms with E-state index in [-0.39, 0.29) is 18.3 Å². The number of hydrogen-bond acceptors (Lipinski definition) is 3. The van der Waals surface area contributed by atoms with E-state index in [1.54, 1.807) is 6.07 Å². The molecule has 0 saturated carbocycles. The summed E-state index contributed by atoms with van der Waals surface area (Å²) in [5, 5.41) is 13.0. The summed E-state index contributed by atoms with van der Waals surface area (Å²) in [6.45, 7) is 3.70. The molecule has 2 heterocycles. The molecule has 1 saturated heterocycles. The van der Waals surface area contributed by atoms with Gasteiger partial charge in [-0.3, -0.25) is 9.89 Å². The number of rotatable bonds is 4. The quantitative estimate of drug-likeness (QED) is 0.755. The molecule has 0 radical (unpaired) electrons. The van der Waals surface area contributed by atoms with E-state index in [0.29, 0.717) is 18.3 Å². The Balaban J connectivity index is 0.00000144. The number of nitrogens with zero attached hydrogens (tertiary/aromatic N) is 1. The van der Waals surface area contributed by atoms with E-state index < -0.39 is 0 Å². The SMILES string of the molecule is Cc1cc(C(=O)NCC[C@H]2CCCN2)n[nH]1.Cl. The third-order valence-corrected chi connectivity index (χ3v) is 2.88. The lowest BCUT2D eigenvalue weighted by Gasteiger charge is -2.09. The van der Waals surface area contributed by atoms with Gasteiger partial charge in [-0.25, -0.2) is 0 Å². The van der Waals surface area contributed by atoms with Crippen molar-refractivity contribution in [3.05, 3.63) is 17.5 Å². The van der Waals surface area contributed by atoms with Gasteiger partial charge in [0, 0.05) is 18.3 Å². The van der Waals surface area contributed by atoms with Gasteiger partial charge < -0.3 is 10.6 Å². The molecule has 1 atom stereocenters. The molecule has 1 fully saturated rings. The first-order chi connectivity index (χ1) is 7.75. The Morgan fingerprint density at radius 2 is 2.47 bits per heavy atom. The van der Waals surface area contributed by atoms with Gasteiger partial charge in [0.05, 0.1) is 0 Å². The van der Waals surface area contributed by atoms with Crippen molar-refractivity contribution < 1.29 is 4.79 Å². The van der Waals surface area contributed by atoms with E-state index in [1.165, 1.54) is 12.8 Å². The van der Waals surface area contributed by atoms with E-state index in [1.807, 2.05) is 6.92 Å². The normalized spacial score (nSPS) is 18.8. The number of aromatic amines is 1. The Hall–Kier alpha value is -1.07. The number of H-pyrrole nitrogens is 1. The summed E-state index contributed by atoms with van der Waals surface area (Å²) < 4.78 is 0. The molecule has 0 aliphatic carbocycles. The molecule has 1 aromatic heterocycles. The third kappa shape index (κ3) is 4.02. The third-order valence-electron chi connectivity index (χ3n) is 2.88. The van der Waals surface area contributed by atoms with Crippen LogP contribution in [0, 0.1) is 6.92 Å². The number of nitrogens with one attached hydrogen (secondary N) is 3. The van der Waals surface area contributed by atoms with Gasteiger partial charge in [-0.1, -0.05) is 0 Å². The number of carbonyl (C=O) groups is 1. The second-order valence-corrected chi connectivity index (χ2v) is 4.27.